The Morgan fingerprint density at radius 3 is 2.44 bits per heavy atom. The molecule has 0 aromatic heterocycles. The van der Waals surface area contributed by atoms with E-state index in [9.17, 15) is 24.5 Å². The van der Waals surface area contributed by atoms with Crippen LogP contribution in [0.4, 0.5) is 11.4 Å². The topological polar surface area (TPSA) is 118 Å². The Morgan fingerprint density at radius 1 is 1.03 bits per heavy atom. The zero-order chi connectivity index (χ0) is 23.1. The fraction of sp³-hybridized carbons (Fsp3) is 0.292. The van der Waals surface area contributed by atoms with Gasteiger partial charge < -0.3 is 10.6 Å². The van der Waals surface area contributed by atoms with Crippen LogP contribution in [-0.2, 0) is 9.59 Å². The monoisotopic (exact) mass is 435 g/mol. The summed E-state index contributed by atoms with van der Waals surface area (Å²) in [6.45, 7) is 1.43. The minimum Gasteiger partial charge on any atom is -0.321 e. The van der Waals surface area contributed by atoms with Gasteiger partial charge in [0, 0.05) is 29.3 Å². The smallest absolute Gasteiger partial charge is 0.272 e. The number of rotatable bonds is 7. The zero-order valence-corrected chi connectivity index (χ0v) is 17.8. The van der Waals surface area contributed by atoms with E-state index < -0.39 is 10.8 Å². The number of amides is 2. The van der Waals surface area contributed by atoms with E-state index in [-0.39, 0.29) is 29.0 Å². The summed E-state index contributed by atoms with van der Waals surface area (Å²) in [5.41, 5.74) is 1.11. The second-order valence-corrected chi connectivity index (χ2v) is 7.83. The molecule has 2 amide bonds. The van der Waals surface area contributed by atoms with Crippen LogP contribution >= 0.6 is 0 Å². The van der Waals surface area contributed by atoms with Crippen LogP contribution in [0.5, 0.6) is 0 Å². The predicted octanol–water partition coefficient (Wildman–Crippen LogP) is 4.47. The van der Waals surface area contributed by atoms with E-state index in [0.717, 1.165) is 32.1 Å². The molecule has 1 fully saturated rings. The summed E-state index contributed by atoms with van der Waals surface area (Å²) in [6, 6.07) is 12.3. The van der Waals surface area contributed by atoms with E-state index >= 15 is 0 Å². The van der Waals surface area contributed by atoms with Gasteiger partial charge in [-0.25, -0.2) is 0 Å². The van der Waals surface area contributed by atoms with Gasteiger partial charge in [0.1, 0.15) is 5.70 Å². The van der Waals surface area contributed by atoms with E-state index in [2.05, 4.69) is 10.6 Å². The molecule has 8 heteroatoms. The Bertz CT molecular complexity index is 1070. The first-order chi connectivity index (χ1) is 15.3. The summed E-state index contributed by atoms with van der Waals surface area (Å²) in [5, 5.41) is 16.5. The van der Waals surface area contributed by atoms with Gasteiger partial charge in [0.25, 0.3) is 11.6 Å². The number of anilines is 1. The summed E-state index contributed by atoms with van der Waals surface area (Å²) >= 11 is 0. The van der Waals surface area contributed by atoms with Gasteiger partial charge in [-0.2, -0.15) is 0 Å². The van der Waals surface area contributed by atoms with Gasteiger partial charge in [0.2, 0.25) is 5.91 Å². The normalized spacial score (nSPS) is 14.5. The number of nitrogens with zero attached hydrogens (tertiary/aromatic N) is 1. The third-order valence-corrected chi connectivity index (χ3v) is 5.40. The third kappa shape index (κ3) is 6.10. The Morgan fingerprint density at radius 2 is 1.75 bits per heavy atom. The average molecular weight is 435 g/mol. The van der Waals surface area contributed by atoms with Crippen molar-refractivity contribution in [2.24, 2.45) is 5.92 Å². The highest BCUT2D eigenvalue weighted by Gasteiger charge is 2.24. The number of hydrogen-bond donors (Lipinski definition) is 2. The number of non-ortho nitro benzene ring substituents is 1. The maximum Gasteiger partial charge on any atom is 0.272 e. The van der Waals surface area contributed by atoms with Crippen molar-refractivity contribution in [1.29, 1.82) is 0 Å². The van der Waals surface area contributed by atoms with Crippen LogP contribution in [0, 0.1) is 16.0 Å². The van der Waals surface area contributed by atoms with Crippen molar-refractivity contribution in [3.63, 3.8) is 0 Å². The zero-order valence-electron chi connectivity index (χ0n) is 17.8. The minimum atomic E-state index is -0.582. The number of Topliss-reactive ketones (excluding diaryl/α,β-unsaturated/α-hetero) is 1. The molecule has 1 saturated carbocycles. The van der Waals surface area contributed by atoms with Gasteiger partial charge in [-0.15, -0.1) is 0 Å². The Balaban J connectivity index is 1.88. The molecule has 0 unspecified atom stereocenters. The lowest BCUT2D eigenvalue weighted by atomic mass is 9.88. The molecule has 32 heavy (non-hydrogen) atoms. The molecule has 0 atom stereocenters. The van der Waals surface area contributed by atoms with Crippen molar-refractivity contribution in [1.82, 2.24) is 5.32 Å². The van der Waals surface area contributed by atoms with Gasteiger partial charge in [0.15, 0.2) is 5.78 Å². The van der Waals surface area contributed by atoms with Crippen LogP contribution in [0.2, 0.25) is 0 Å². The molecule has 166 valence electrons. The molecule has 1 aliphatic rings. The van der Waals surface area contributed by atoms with Gasteiger partial charge in [-0.3, -0.25) is 24.5 Å². The highest BCUT2D eigenvalue weighted by atomic mass is 16.6. The molecule has 0 bridgehead atoms. The average Bonchev–Trinajstić information content (AvgIpc) is 2.79. The highest BCUT2D eigenvalue weighted by molar-refractivity contribution is 6.09. The SMILES string of the molecule is CC(=O)c1cccc(NC(=O)C(=Cc2cccc([N+](=O)[O-])c2)NC(=O)C2CCCCC2)c1. The Labute approximate surface area is 185 Å². The molecule has 0 heterocycles. The fourth-order valence-electron chi connectivity index (χ4n) is 3.67. The molecule has 2 aromatic carbocycles. The number of nitrogens with one attached hydrogen (secondary N) is 2. The number of hydrogen-bond acceptors (Lipinski definition) is 5. The number of ketones is 1. The molecule has 0 aliphatic heterocycles. The first-order valence-electron chi connectivity index (χ1n) is 10.5. The highest BCUT2D eigenvalue weighted by Crippen LogP contribution is 2.24. The predicted molar refractivity (Wildman–Crippen MR) is 121 cm³/mol. The van der Waals surface area contributed by atoms with E-state index in [0.29, 0.717) is 16.8 Å². The molecular weight excluding hydrogens is 410 g/mol. The molecule has 0 radical (unpaired) electrons. The number of benzene rings is 2. The van der Waals surface area contributed by atoms with Crippen LogP contribution in [0.15, 0.2) is 54.2 Å². The standard InChI is InChI=1S/C24H25N3O5/c1-16(28)19-10-6-11-20(15-19)25-24(30)22(26-23(29)18-8-3-2-4-9-18)14-17-7-5-12-21(13-17)27(31)32/h5-7,10-15,18H,2-4,8-9H2,1H3,(H,25,30)(H,26,29). The van der Waals surface area contributed by atoms with E-state index in [1.54, 1.807) is 30.3 Å². The molecular formula is C24H25N3O5. The van der Waals surface area contributed by atoms with Gasteiger partial charge in [0.05, 0.1) is 4.92 Å². The molecule has 1 aliphatic carbocycles. The Hall–Kier alpha value is -3.81. The summed E-state index contributed by atoms with van der Waals surface area (Å²) < 4.78 is 0. The van der Waals surface area contributed by atoms with E-state index in [4.69, 9.17) is 0 Å². The molecule has 8 nitrogen and oxygen atoms in total. The quantitative estimate of drug-likeness (QED) is 0.288. The van der Waals surface area contributed by atoms with E-state index in [1.165, 1.54) is 31.2 Å². The van der Waals surface area contributed by atoms with Crippen LogP contribution in [0.3, 0.4) is 0 Å². The van der Waals surface area contributed by atoms with Crippen molar-refractivity contribution in [2.75, 3.05) is 5.32 Å². The molecule has 3 rings (SSSR count). The maximum absolute atomic E-state index is 13.0. The number of carbonyl (C=O) groups is 3. The van der Waals surface area contributed by atoms with Crippen molar-refractivity contribution in [3.05, 3.63) is 75.5 Å². The summed E-state index contributed by atoms with van der Waals surface area (Å²) in [7, 11) is 0. The summed E-state index contributed by atoms with van der Waals surface area (Å²) in [4.78, 5) is 48.0. The Kier molecular flexibility index (Phi) is 7.49. The van der Waals surface area contributed by atoms with Crippen LogP contribution in [0.1, 0.15) is 54.9 Å². The second-order valence-electron chi connectivity index (χ2n) is 7.83. The molecule has 2 N–H and O–H groups in total. The maximum atomic E-state index is 13.0. The molecule has 0 saturated heterocycles. The van der Waals surface area contributed by atoms with Gasteiger partial charge in [-0.05, 0) is 43.5 Å². The van der Waals surface area contributed by atoms with Crippen LogP contribution in [0.25, 0.3) is 6.08 Å². The lowest BCUT2D eigenvalue weighted by Crippen LogP contribution is -2.35. The number of carbonyl (C=O) groups excluding carboxylic acids is 3. The number of nitro benzene ring substituents is 1. The van der Waals surface area contributed by atoms with Gasteiger partial charge >= 0.3 is 0 Å². The van der Waals surface area contributed by atoms with Gasteiger partial charge in [-0.1, -0.05) is 43.5 Å². The van der Waals surface area contributed by atoms with Crippen molar-refractivity contribution in [3.8, 4) is 0 Å². The summed E-state index contributed by atoms with van der Waals surface area (Å²) in [5.74, 6) is -1.14. The van der Waals surface area contributed by atoms with Crippen molar-refractivity contribution < 1.29 is 19.3 Å². The second kappa shape index (κ2) is 10.5. The lowest BCUT2D eigenvalue weighted by Gasteiger charge is -2.21. The molecule has 2 aromatic rings. The summed E-state index contributed by atoms with van der Waals surface area (Å²) in [6.07, 6.45) is 5.96. The van der Waals surface area contributed by atoms with Crippen LogP contribution in [-0.4, -0.2) is 22.5 Å². The fourth-order valence-corrected chi connectivity index (χ4v) is 3.67. The first-order valence-corrected chi connectivity index (χ1v) is 10.5. The first kappa shape index (κ1) is 22.9. The number of nitro groups is 1. The van der Waals surface area contributed by atoms with Crippen molar-refractivity contribution >= 4 is 35.0 Å². The van der Waals surface area contributed by atoms with Crippen LogP contribution < -0.4 is 10.6 Å². The van der Waals surface area contributed by atoms with Crippen molar-refractivity contribution in [2.45, 2.75) is 39.0 Å². The minimum absolute atomic E-state index is 0.0192. The lowest BCUT2D eigenvalue weighted by molar-refractivity contribution is -0.384. The molecule has 0 spiro atoms. The van der Waals surface area contributed by atoms with E-state index in [1.807, 2.05) is 0 Å². The largest absolute Gasteiger partial charge is 0.321 e. The third-order valence-electron chi connectivity index (χ3n) is 5.40.